The molecule has 8 heteroatoms. The summed E-state index contributed by atoms with van der Waals surface area (Å²) in [4.78, 5) is 49.8. The van der Waals surface area contributed by atoms with Crippen molar-refractivity contribution in [2.24, 2.45) is 0 Å². The number of carbonyl (C=O) groups excluding carboxylic acids is 4. The third kappa shape index (κ3) is 18.1. The van der Waals surface area contributed by atoms with E-state index in [1.165, 1.54) is 0 Å². The minimum atomic E-state index is -1.29. The van der Waals surface area contributed by atoms with Gasteiger partial charge in [0.05, 0.1) is 13.1 Å². The first-order valence-electron chi connectivity index (χ1n) is 17.2. The summed E-state index contributed by atoms with van der Waals surface area (Å²) in [6.07, 6.45) is 32.1. The van der Waals surface area contributed by atoms with E-state index in [0.717, 1.165) is 38.5 Å². The lowest BCUT2D eigenvalue weighted by atomic mass is 10.0. The number of halogens is 1. The van der Waals surface area contributed by atoms with Gasteiger partial charge >= 0.3 is 0 Å². The predicted molar refractivity (Wildman–Crippen MR) is 205 cm³/mol. The number of rotatable bonds is 23. The average Bonchev–Trinajstić information content (AvgIpc) is 3.10. The highest BCUT2D eigenvalue weighted by Gasteiger charge is 2.30. The molecule has 0 fully saturated rings. The quantitative estimate of drug-likeness (QED) is 0.0891. The molecule has 2 aromatic rings. The third-order valence-corrected chi connectivity index (χ3v) is 7.46. The molecule has 0 aliphatic heterocycles. The molecule has 50 heavy (non-hydrogen) atoms. The average molecular weight is 699 g/mol. The second-order valence-electron chi connectivity index (χ2n) is 11.9. The van der Waals surface area contributed by atoms with Crippen LogP contribution in [0, 0.1) is 0 Å². The van der Waals surface area contributed by atoms with Crippen molar-refractivity contribution in [2.75, 3.05) is 13.1 Å². The van der Waals surface area contributed by atoms with Gasteiger partial charge in [-0.15, -0.1) is 0 Å². The minimum absolute atomic E-state index is 0.162. The molecule has 0 spiro atoms. The maximum absolute atomic E-state index is 12.7. The Hall–Kier alpha value is -4.75. The van der Waals surface area contributed by atoms with Crippen LogP contribution >= 0.6 is 11.6 Å². The Morgan fingerprint density at radius 3 is 1.58 bits per heavy atom. The summed E-state index contributed by atoms with van der Waals surface area (Å²) >= 11 is 5.90. The van der Waals surface area contributed by atoms with Crippen molar-refractivity contribution < 1.29 is 23.9 Å². The molecule has 2 aromatic carbocycles. The van der Waals surface area contributed by atoms with Crippen LogP contribution in [0.4, 0.5) is 0 Å². The molecule has 2 rings (SSSR count). The van der Waals surface area contributed by atoms with Gasteiger partial charge in [0.15, 0.2) is 17.2 Å². The Labute approximate surface area is 302 Å². The van der Waals surface area contributed by atoms with E-state index in [0.29, 0.717) is 28.3 Å². The Balaban J connectivity index is 1.56. The van der Waals surface area contributed by atoms with Gasteiger partial charge in [-0.1, -0.05) is 91.4 Å². The van der Waals surface area contributed by atoms with Crippen LogP contribution in [0.5, 0.6) is 5.75 Å². The Morgan fingerprint density at radius 2 is 1.08 bits per heavy atom. The molecule has 0 aliphatic carbocycles. The van der Waals surface area contributed by atoms with E-state index in [1.807, 2.05) is 12.2 Å². The molecule has 0 radical (unpaired) electrons. The van der Waals surface area contributed by atoms with Crippen LogP contribution in [0.25, 0.3) is 0 Å². The van der Waals surface area contributed by atoms with Gasteiger partial charge in [-0.2, -0.15) is 0 Å². The zero-order valence-electron chi connectivity index (χ0n) is 29.5. The number of ether oxygens (including phenoxy) is 1. The first kappa shape index (κ1) is 41.4. The van der Waals surface area contributed by atoms with Crippen molar-refractivity contribution >= 4 is 35.0 Å². The van der Waals surface area contributed by atoms with E-state index in [9.17, 15) is 19.2 Å². The van der Waals surface area contributed by atoms with Crippen molar-refractivity contribution in [1.82, 2.24) is 10.6 Å². The lowest BCUT2D eigenvalue weighted by Gasteiger charge is -2.25. The van der Waals surface area contributed by atoms with Crippen LogP contribution < -0.4 is 15.4 Å². The fourth-order valence-electron chi connectivity index (χ4n) is 4.38. The molecular formula is C42H51ClN2O5. The van der Waals surface area contributed by atoms with Gasteiger partial charge in [-0.05, 0) is 107 Å². The highest BCUT2D eigenvalue weighted by Crippen LogP contribution is 2.21. The van der Waals surface area contributed by atoms with Crippen molar-refractivity contribution in [3.8, 4) is 5.75 Å². The van der Waals surface area contributed by atoms with Gasteiger partial charge in [0.2, 0.25) is 5.91 Å². The number of nitrogens with one attached hydrogen (secondary N) is 2. The molecule has 2 N–H and O–H groups in total. The molecule has 0 aromatic heterocycles. The van der Waals surface area contributed by atoms with Crippen molar-refractivity contribution in [2.45, 2.75) is 77.7 Å². The van der Waals surface area contributed by atoms with Crippen molar-refractivity contribution in [3.63, 3.8) is 0 Å². The zero-order valence-corrected chi connectivity index (χ0v) is 30.3. The molecule has 2 amide bonds. The van der Waals surface area contributed by atoms with E-state index in [1.54, 1.807) is 62.4 Å². The number of hydrogen-bond acceptors (Lipinski definition) is 5. The molecule has 0 saturated heterocycles. The van der Waals surface area contributed by atoms with E-state index in [4.69, 9.17) is 16.3 Å². The number of hydrogen-bond donors (Lipinski definition) is 2. The summed E-state index contributed by atoms with van der Waals surface area (Å²) in [5.74, 6) is -0.823. The summed E-state index contributed by atoms with van der Waals surface area (Å²) in [7, 11) is 0. The fraction of sp³-hybridized carbons (Fsp3) is 0.333. The van der Waals surface area contributed by atoms with Crippen LogP contribution in [0.3, 0.4) is 0 Å². The number of allylic oxidation sites excluding steroid dienone is 12. The zero-order chi connectivity index (χ0) is 36.5. The van der Waals surface area contributed by atoms with E-state index < -0.39 is 11.5 Å². The Kier molecular flexibility index (Phi) is 20.2. The van der Waals surface area contributed by atoms with Crippen LogP contribution in [0.2, 0.25) is 5.02 Å². The molecule has 0 heterocycles. The second kappa shape index (κ2) is 24.4. The molecule has 266 valence electrons. The Morgan fingerprint density at radius 1 is 0.640 bits per heavy atom. The molecular weight excluding hydrogens is 648 g/mol. The summed E-state index contributed by atoms with van der Waals surface area (Å²) < 4.78 is 5.84. The first-order chi connectivity index (χ1) is 24.1. The van der Waals surface area contributed by atoms with Crippen molar-refractivity contribution in [3.05, 3.63) is 138 Å². The smallest absolute Gasteiger partial charge is 0.263 e. The monoisotopic (exact) mass is 698 g/mol. The number of carbonyl (C=O) groups is 4. The van der Waals surface area contributed by atoms with Gasteiger partial charge in [0.25, 0.3) is 5.91 Å². The minimum Gasteiger partial charge on any atom is -0.478 e. The summed E-state index contributed by atoms with van der Waals surface area (Å²) in [6.45, 7) is 4.88. The summed E-state index contributed by atoms with van der Waals surface area (Å²) in [6, 6.07) is 13.1. The molecule has 0 saturated carbocycles. The fourth-order valence-corrected chi connectivity index (χ4v) is 4.50. The number of ketones is 2. The highest BCUT2D eigenvalue weighted by molar-refractivity contribution is 6.30. The second-order valence-corrected chi connectivity index (χ2v) is 12.4. The van der Waals surface area contributed by atoms with Gasteiger partial charge in [-0.3, -0.25) is 19.2 Å². The van der Waals surface area contributed by atoms with Crippen molar-refractivity contribution in [1.29, 1.82) is 0 Å². The lowest BCUT2D eigenvalue weighted by molar-refractivity contribution is -0.135. The predicted octanol–water partition coefficient (Wildman–Crippen LogP) is 9.01. The molecule has 0 aliphatic rings. The lowest BCUT2D eigenvalue weighted by Crippen LogP contribution is -2.48. The van der Waals surface area contributed by atoms with E-state index in [2.05, 4.69) is 78.3 Å². The normalized spacial score (nSPS) is 12.2. The number of Topliss-reactive ketones (excluding diaryl/α,β-unsaturated/α-hetero) is 1. The first-order valence-corrected chi connectivity index (χ1v) is 17.6. The maximum Gasteiger partial charge on any atom is 0.263 e. The van der Waals surface area contributed by atoms with Gasteiger partial charge in [0.1, 0.15) is 5.75 Å². The van der Waals surface area contributed by atoms with Crippen LogP contribution in [-0.2, 0) is 14.4 Å². The summed E-state index contributed by atoms with van der Waals surface area (Å²) in [5.41, 5.74) is -0.315. The Bertz CT molecular complexity index is 1530. The third-order valence-electron chi connectivity index (χ3n) is 7.21. The van der Waals surface area contributed by atoms with Crippen LogP contribution in [0.15, 0.2) is 121 Å². The van der Waals surface area contributed by atoms with Crippen LogP contribution in [-0.4, -0.2) is 42.1 Å². The molecule has 0 unspecified atom stereocenters. The topological polar surface area (TPSA) is 102 Å². The van der Waals surface area contributed by atoms with Gasteiger partial charge in [0, 0.05) is 22.6 Å². The SMILES string of the molecule is CCC=CCC=CCC=CCC=CCC=CCC=CCCC(=O)NCC(=O)CNC(=O)C(C)(C)Oc1ccc(C(=O)c2ccc(Cl)cc2)cc1. The van der Waals surface area contributed by atoms with E-state index >= 15 is 0 Å². The summed E-state index contributed by atoms with van der Waals surface area (Å²) in [5, 5.41) is 5.72. The largest absolute Gasteiger partial charge is 0.478 e. The standard InChI is InChI=1S/C42H51ClN2O5/c1-4-5-6-7-8-9-10-11-12-13-14-15-16-17-18-19-20-21-22-23-39(47)44-32-37(46)33-45-41(49)42(2,3)50-38-30-26-35(27-31-38)40(48)34-24-28-36(43)29-25-34/h5-6,8-9,11-12,14-15,17-18,20-21,24-31H,4,7,10,13,16,19,22-23,32-33H2,1-3H3,(H,44,47)(H,45,49). The molecule has 0 bridgehead atoms. The molecule has 0 atom stereocenters. The number of amides is 2. The molecule has 7 nitrogen and oxygen atoms in total. The number of benzene rings is 2. The van der Waals surface area contributed by atoms with Gasteiger partial charge < -0.3 is 15.4 Å². The maximum atomic E-state index is 12.7. The van der Waals surface area contributed by atoms with E-state index in [-0.39, 0.29) is 37.0 Å². The highest BCUT2D eigenvalue weighted by atomic mass is 35.5. The van der Waals surface area contributed by atoms with Gasteiger partial charge in [-0.25, -0.2) is 0 Å². The van der Waals surface area contributed by atoms with Crippen LogP contribution in [0.1, 0.15) is 88.1 Å².